The van der Waals surface area contributed by atoms with Crippen LogP contribution in [0.15, 0.2) is 0 Å². The molecule has 2 N–H and O–H groups in total. The first kappa shape index (κ1) is 10.8. The summed E-state index contributed by atoms with van der Waals surface area (Å²) < 4.78 is 0. The van der Waals surface area contributed by atoms with Gasteiger partial charge in [-0.15, -0.1) is 0 Å². The molecule has 2 bridgehead atoms. The molecule has 0 spiro atoms. The van der Waals surface area contributed by atoms with Crippen molar-refractivity contribution in [3.05, 3.63) is 0 Å². The second-order valence-corrected chi connectivity index (χ2v) is 6.63. The molecule has 0 amide bonds. The van der Waals surface area contributed by atoms with Crippen molar-refractivity contribution in [1.29, 1.82) is 0 Å². The van der Waals surface area contributed by atoms with Crippen molar-refractivity contribution >= 4 is 11.8 Å². The summed E-state index contributed by atoms with van der Waals surface area (Å²) in [4.78, 5) is 0. The van der Waals surface area contributed by atoms with Crippen LogP contribution in [0.3, 0.4) is 0 Å². The standard InChI is InChI=1S/C12H23NS/c1-9(4-5-13)14-8-12-7-10-2-3-11(12)6-10/h9-12H,2-8,13H2,1H3. The molecular weight excluding hydrogens is 190 g/mol. The number of rotatable bonds is 5. The van der Waals surface area contributed by atoms with Crippen LogP contribution < -0.4 is 5.73 Å². The maximum absolute atomic E-state index is 5.56. The van der Waals surface area contributed by atoms with Gasteiger partial charge in [0.2, 0.25) is 0 Å². The second kappa shape index (κ2) is 4.89. The molecule has 0 aliphatic heterocycles. The van der Waals surface area contributed by atoms with Gasteiger partial charge in [-0.3, -0.25) is 0 Å². The molecule has 2 heteroatoms. The van der Waals surface area contributed by atoms with Gasteiger partial charge < -0.3 is 5.73 Å². The van der Waals surface area contributed by atoms with Gasteiger partial charge in [0.25, 0.3) is 0 Å². The smallest absolute Gasteiger partial charge is 0.00308 e. The molecule has 0 aromatic carbocycles. The van der Waals surface area contributed by atoms with Crippen molar-refractivity contribution in [2.75, 3.05) is 12.3 Å². The van der Waals surface area contributed by atoms with Crippen molar-refractivity contribution in [3.8, 4) is 0 Å². The summed E-state index contributed by atoms with van der Waals surface area (Å²) in [6, 6.07) is 0. The van der Waals surface area contributed by atoms with Crippen LogP contribution in [0.25, 0.3) is 0 Å². The molecule has 2 saturated carbocycles. The highest BCUT2D eigenvalue weighted by Crippen LogP contribution is 2.49. The molecule has 0 aromatic heterocycles. The predicted octanol–water partition coefficient (Wildman–Crippen LogP) is 2.89. The molecule has 0 radical (unpaired) electrons. The molecule has 82 valence electrons. The molecule has 14 heavy (non-hydrogen) atoms. The van der Waals surface area contributed by atoms with Gasteiger partial charge in [0.15, 0.2) is 0 Å². The first-order valence-corrected chi connectivity index (χ1v) is 7.16. The third-order valence-corrected chi connectivity index (χ3v) is 5.48. The van der Waals surface area contributed by atoms with Crippen LogP contribution in [0.2, 0.25) is 0 Å². The number of hydrogen-bond donors (Lipinski definition) is 1. The van der Waals surface area contributed by atoms with Gasteiger partial charge in [0, 0.05) is 5.25 Å². The van der Waals surface area contributed by atoms with E-state index in [-0.39, 0.29) is 0 Å². The Bertz CT molecular complexity index is 183. The predicted molar refractivity (Wildman–Crippen MR) is 64.5 cm³/mol. The summed E-state index contributed by atoms with van der Waals surface area (Å²) in [7, 11) is 0. The SMILES string of the molecule is CC(CCN)SCC1CC2CCC1C2. The highest BCUT2D eigenvalue weighted by molar-refractivity contribution is 7.99. The van der Waals surface area contributed by atoms with Crippen LogP contribution >= 0.6 is 11.8 Å². The average molecular weight is 213 g/mol. The van der Waals surface area contributed by atoms with Gasteiger partial charge in [-0.25, -0.2) is 0 Å². The van der Waals surface area contributed by atoms with E-state index in [0.717, 1.165) is 29.5 Å². The zero-order valence-corrected chi connectivity index (χ0v) is 10.1. The Hall–Kier alpha value is 0.310. The highest BCUT2D eigenvalue weighted by Gasteiger charge is 2.39. The first-order valence-electron chi connectivity index (χ1n) is 6.11. The molecule has 2 aliphatic carbocycles. The summed E-state index contributed by atoms with van der Waals surface area (Å²) in [5, 5.41) is 0.777. The van der Waals surface area contributed by atoms with Crippen molar-refractivity contribution in [1.82, 2.24) is 0 Å². The molecule has 1 nitrogen and oxygen atoms in total. The average Bonchev–Trinajstić information content (AvgIpc) is 2.76. The lowest BCUT2D eigenvalue weighted by Gasteiger charge is -2.22. The zero-order valence-electron chi connectivity index (χ0n) is 9.24. The van der Waals surface area contributed by atoms with E-state index in [2.05, 4.69) is 18.7 Å². The van der Waals surface area contributed by atoms with E-state index in [9.17, 15) is 0 Å². The first-order chi connectivity index (χ1) is 6.79. The van der Waals surface area contributed by atoms with E-state index < -0.39 is 0 Å². The zero-order chi connectivity index (χ0) is 9.97. The van der Waals surface area contributed by atoms with Crippen molar-refractivity contribution < 1.29 is 0 Å². The van der Waals surface area contributed by atoms with Gasteiger partial charge in [-0.1, -0.05) is 13.3 Å². The van der Waals surface area contributed by atoms with Crippen LogP contribution in [-0.2, 0) is 0 Å². The lowest BCUT2D eigenvalue weighted by molar-refractivity contribution is 0.365. The third-order valence-electron chi connectivity index (χ3n) is 4.05. The maximum Gasteiger partial charge on any atom is 0.00308 e. The van der Waals surface area contributed by atoms with Crippen molar-refractivity contribution in [2.45, 2.75) is 44.3 Å². The minimum atomic E-state index is 0.777. The van der Waals surface area contributed by atoms with Crippen LogP contribution in [0.4, 0.5) is 0 Å². The normalized spacial score (nSPS) is 37.7. The maximum atomic E-state index is 5.56. The van der Waals surface area contributed by atoms with E-state index in [4.69, 9.17) is 5.73 Å². The molecular formula is C12H23NS. The number of hydrogen-bond acceptors (Lipinski definition) is 2. The third kappa shape index (κ3) is 2.46. The van der Waals surface area contributed by atoms with Crippen LogP contribution in [0, 0.1) is 17.8 Å². The Morgan fingerprint density at radius 1 is 1.36 bits per heavy atom. The molecule has 4 atom stereocenters. The number of thioether (sulfide) groups is 1. The van der Waals surface area contributed by atoms with Gasteiger partial charge in [0.1, 0.15) is 0 Å². The molecule has 0 aromatic rings. The Labute approximate surface area is 92.2 Å². The Kier molecular flexibility index (Phi) is 3.78. The number of nitrogens with two attached hydrogens (primary N) is 1. The minimum Gasteiger partial charge on any atom is -0.330 e. The summed E-state index contributed by atoms with van der Waals surface area (Å²) in [6.45, 7) is 3.18. The van der Waals surface area contributed by atoms with Gasteiger partial charge in [0.05, 0.1) is 0 Å². The summed E-state index contributed by atoms with van der Waals surface area (Å²) >= 11 is 2.16. The monoisotopic (exact) mass is 213 g/mol. The topological polar surface area (TPSA) is 26.0 Å². The summed E-state index contributed by atoms with van der Waals surface area (Å²) in [5.41, 5.74) is 5.56. The molecule has 0 saturated heterocycles. The Balaban J connectivity index is 1.66. The van der Waals surface area contributed by atoms with Gasteiger partial charge in [-0.2, -0.15) is 11.8 Å². The quantitative estimate of drug-likeness (QED) is 0.760. The van der Waals surface area contributed by atoms with E-state index in [1.807, 2.05) is 0 Å². The molecule has 4 unspecified atom stereocenters. The van der Waals surface area contributed by atoms with Crippen LogP contribution in [-0.4, -0.2) is 17.5 Å². The van der Waals surface area contributed by atoms with E-state index in [1.165, 1.54) is 31.4 Å². The molecule has 2 rings (SSSR count). The van der Waals surface area contributed by atoms with Crippen LogP contribution in [0.1, 0.15) is 39.0 Å². The van der Waals surface area contributed by atoms with Crippen molar-refractivity contribution in [2.24, 2.45) is 23.5 Å². The lowest BCUT2D eigenvalue weighted by atomic mass is 9.90. The highest BCUT2D eigenvalue weighted by atomic mass is 32.2. The Morgan fingerprint density at radius 2 is 2.21 bits per heavy atom. The number of fused-ring (bicyclic) bond motifs is 2. The Morgan fingerprint density at radius 3 is 2.79 bits per heavy atom. The van der Waals surface area contributed by atoms with E-state index >= 15 is 0 Å². The summed E-state index contributed by atoms with van der Waals surface area (Å²) in [6.07, 6.45) is 7.33. The summed E-state index contributed by atoms with van der Waals surface area (Å²) in [5.74, 6) is 4.66. The largest absolute Gasteiger partial charge is 0.330 e. The lowest BCUT2D eigenvalue weighted by Crippen LogP contribution is -2.15. The fourth-order valence-corrected chi connectivity index (χ4v) is 4.47. The van der Waals surface area contributed by atoms with Crippen molar-refractivity contribution in [3.63, 3.8) is 0 Å². The van der Waals surface area contributed by atoms with Crippen LogP contribution in [0.5, 0.6) is 0 Å². The van der Waals surface area contributed by atoms with E-state index in [0.29, 0.717) is 0 Å². The molecule has 2 aliphatic rings. The second-order valence-electron chi connectivity index (χ2n) is 5.16. The van der Waals surface area contributed by atoms with Gasteiger partial charge in [-0.05, 0) is 55.7 Å². The minimum absolute atomic E-state index is 0.777. The fourth-order valence-electron chi connectivity index (χ4n) is 3.19. The molecule has 2 fully saturated rings. The molecule has 0 heterocycles. The van der Waals surface area contributed by atoms with E-state index in [1.54, 1.807) is 6.42 Å². The van der Waals surface area contributed by atoms with Gasteiger partial charge >= 0.3 is 0 Å². The fraction of sp³-hybridized carbons (Fsp3) is 1.00.